The van der Waals surface area contributed by atoms with E-state index in [-0.39, 0.29) is 11.7 Å². The third-order valence-electron chi connectivity index (χ3n) is 2.71. The van der Waals surface area contributed by atoms with Crippen LogP contribution in [0, 0.1) is 6.92 Å². The number of hydrazone groups is 1. The van der Waals surface area contributed by atoms with Gasteiger partial charge in [-0.15, -0.1) is 0 Å². The number of amides is 1. The van der Waals surface area contributed by atoms with Crippen molar-refractivity contribution in [3.63, 3.8) is 0 Å². The molecule has 5 nitrogen and oxygen atoms in total. The van der Waals surface area contributed by atoms with Gasteiger partial charge in [-0.1, -0.05) is 0 Å². The van der Waals surface area contributed by atoms with E-state index in [0.29, 0.717) is 17.0 Å². The van der Waals surface area contributed by atoms with Crippen molar-refractivity contribution in [2.75, 3.05) is 0 Å². The Morgan fingerprint density at radius 3 is 2.53 bits per heavy atom. The minimum atomic E-state index is -0.315. The standard InChI is InChI=1S/C14H14N2O3/c1-9(11-3-5-12(17)6-4-11)15-16-14(18)13-7-8-19-10(13)2/h3-8,17H,1-2H3,(H,16,18)/b15-9-. The number of carbonyl (C=O) groups is 1. The van der Waals surface area contributed by atoms with Gasteiger partial charge >= 0.3 is 0 Å². The first-order valence-electron chi connectivity index (χ1n) is 5.76. The first kappa shape index (κ1) is 12.9. The average molecular weight is 258 g/mol. The third-order valence-corrected chi connectivity index (χ3v) is 2.71. The highest BCUT2D eigenvalue weighted by molar-refractivity contribution is 6.01. The lowest BCUT2D eigenvalue weighted by Gasteiger charge is -2.02. The Hall–Kier alpha value is -2.56. The Bertz CT molecular complexity index is 612. The van der Waals surface area contributed by atoms with E-state index in [9.17, 15) is 9.90 Å². The molecular weight excluding hydrogens is 244 g/mol. The summed E-state index contributed by atoms with van der Waals surface area (Å²) in [5.41, 5.74) is 4.39. The smallest absolute Gasteiger partial charge is 0.274 e. The molecule has 0 fully saturated rings. The molecule has 1 heterocycles. The van der Waals surface area contributed by atoms with Gasteiger partial charge in [0.1, 0.15) is 11.5 Å². The van der Waals surface area contributed by atoms with Gasteiger partial charge in [-0.3, -0.25) is 4.79 Å². The SMILES string of the molecule is C/C(=N/NC(=O)c1ccoc1C)c1ccc(O)cc1. The topological polar surface area (TPSA) is 74.8 Å². The first-order valence-corrected chi connectivity index (χ1v) is 5.76. The normalized spacial score (nSPS) is 11.4. The fourth-order valence-electron chi connectivity index (χ4n) is 1.58. The molecule has 0 unspecified atom stereocenters. The average Bonchev–Trinajstić information content (AvgIpc) is 2.83. The number of carbonyl (C=O) groups excluding carboxylic acids is 1. The zero-order chi connectivity index (χ0) is 13.8. The lowest BCUT2D eigenvalue weighted by molar-refractivity contribution is 0.0953. The minimum absolute atomic E-state index is 0.189. The largest absolute Gasteiger partial charge is 0.508 e. The number of phenolic OH excluding ortho intramolecular Hbond substituents is 1. The van der Waals surface area contributed by atoms with E-state index < -0.39 is 0 Å². The summed E-state index contributed by atoms with van der Waals surface area (Å²) in [5.74, 6) is 0.425. The van der Waals surface area contributed by atoms with Gasteiger partial charge in [-0.2, -0.15) is 5.10 Å². The van der Waals surface area contributed by atoms with Crippen molar-refractivity contribution >= 4 is 11.6 Å². The summed E-state index contributed by atoms with van der Waals surface area (Å²) in [6.45, 7) is 3.49. The molecule has 98 valence electrons. The molecule has 1 amide bonds. The summed E-state index contributed by atoms with van der Waals surface area (Å²) in [7, 11) is 0. The highest BCUT2D eigenvalue weighted by Crippen LogP contribution is 2.11. The van der Waals surface area contributed by atoms with E-state index in [4.69, 9.17) is 4.42 Å². The van der Waals surface area contributed by atoms with Gasteiger partial charge < -0.3 is 9.52 Å². The summed E-state index contributed by atoms with van der Waals surface area (Å²) in [6.07, 6.45) is 1.46. The zero-order valence-electron chi connectivity index (χ0n) is 10.7. The highest BCUT2D eigenvalue weighted by Gasteiger charge is 2.10. The quantitative estimate of drug-likeness (QED) is 0.656. The Balaban J connectivity index is 2.08. The van der Waals surface area contributed by atoms with Crippen LogP contribution in [0.5, 0.6) is 5.75 Å². The Morgan fingerprint density at radius 1 is 1.26 bits per heavy atom. The fraction of sp³-hybridized carbons (Fsp3) is 0.143. The van der Waals surface area contributed by atoms with Gasteiger partial charge in [0.05, 0.1) is 17.5 Å². The van der Waals surface area contributed by atoms with Crippen molar-refractivity contribution in [3.05, 3.63) is 53.5 Å². The summed E-state index contributed by atoms with van der Waals surface area (Å²) >= 11 is 0. The number of furan rings is 1. The maximum absolute atomic E-state index is 11.8. The van der Waals surface area contributed by atoms with Crippen molar-refractivity contribution in [1.82, 2.24) is 5.43 Å². The van der Waals surface area contributed by atoms with E-state index in [1.807, 2.05) is 0 Å². The van der Waals surface area contributed by atoms with Crippen LogP contribution in [0.3, 0.4) is 0 Å². The lowest BCUT2D eigenvalue weighted by atomic mass is 10.1. The van der Waals surface area contributed by atoms with Crippen LogP contribution in [0.2, 0.25) is 0 Å². The second-order valence-electron chi connectivity index (χ2n) is 4.08. The molecule has 5 heteroatoms. The van der Waals surface area contributed by atoms with Crippen LogP contribution in [0.25, 0.3) is 0 Å². The van der Waals surface area contributed by atoms with Gasteiger partial charge in [0.2, 0.25) is 0 Å². The molecule has 19 heavy (non-hydrogen) atoms. The van der Waals surface area contributed by atoms with Gasteiger partial charge in [0.15, 0.2) is 0 Å². The predicted molar refractivity (Wildman–Crippen MR) is 71.2 cm³/mol. The number of hydrogen-bond acceptors (Lipinski definition) is 4. The molecule has 0 aliphatic rings. The molecule has 0 atom stereocenters. The van der Waals surface area contributed by atoms with Gasteiger partial charge in [0, 0.05) is 0 Å². The van der Waals surface area contributed by atoms with Crippen molar-refractivity contribution in [2.45, 2.75) is 13.8 Å². The predicted octanol–water partition coefficient (Wildman–Crippen LogP) is 2.45. The van der Waals surface area contributed by atoms with Crippen molar-refractivity contribution < 1.29 is 14.3 Å². The van der Waals surface area contributed by atoms with Crippen LogP contribution in [0.4, 0.5) is 0 Å². The summed E-state index contributed by atoms with van der Waals surface area (Å²) in [6, 6.07) is 8.18. The Kier molecular flexibility index (Phi) is 3.66. The van der Waals surface area contributed by atoms with Gasteiger partial charge in [-0.25, -0.2) is 5.43 Å². The van der Waals surface area contributed by atoms with Gasteiger partial charge in [0.25, 0.3) is 5.91 Å². The molecule has 0 radical (unpaired) electrons. The highest BCUT2D eigenvalue weighted by atomic mass is 16.3. The second kappa shape index (κ2) is 5.39. The fourth-order valence-corrected chi connectivity index (χ4v) is 1.58. The van der Waals surface area contributed by atoms with Crippen LogP contribution in [0.1, 0.15) is 28.6 Å². The molecule has 0 spiro atoms. The molecule has 1 aromatic heterocycles. The molecule has 0 aliphatic heterocycles. The monoisotopic (exact) mass is 258 g/mol. The molecule has 1 aromatic carbocycles. The lowest BCUT2D eigenvalue weighted by Crippen LogP contribution is -2.19. The van der Waals surface area contributed by atoms with Crippen LogP contribution in [-0.4, -0.2) is 16.7 Å². The number of benzene rings is 1. The molecule has 0 aliphatic carbocycles. The molecule has 0 bridgehead atoms. The molecule has 2 aromatic rings. The first-order chi connectivity index (χ1) is 9.08. The van der Waals surface area contributed by atoms with E-state index in [1.54, 1.807) is 44.2 Å². The number of nitrogens with zero attached hydrogens (tertiary/aromatic N) is 1. The van der Waals surface area contributed by atoms with Crippen LogP contribution < -0.4 is 5.43 Å². The number of nitrogens with one attached hydrogen (secondary N) is 1. The number of phenols is 1. The molecule has 0 saturated carbocycles. The number of aromatic hydroxyl groups is 1. The summed E-state index contributed by atoms with van der Waals surface area (Å²) in [5, 5.41) is 13.2. The Labute approximate surface area is 110 Å². The molecule has 2 rings (SSSR count). The molecule has 2 N–H and O–H groups in total. The third kappa shape index (κ3) is 3.01. The van der Waals surface area contributed by atoms with E-state index in [1.165, 1.54) is 6.26 Å². The van der Waals surface area contributed by atoms with Crippen LogP contribution in [-0.2, 0) is 0 Å². The van der Waals surface area contributed by atoms with E-state index >= 15 is 0 Å². The number of rotatable bonds is 3. The zero-order valence-corrected chi connectivity index (χ0v) is 10.7. The number of hydrogen-bond donors (Lipinski definition) is 2. The van der Waals surface area contributed by atoms with Gasteiger partial charge in [-0.05, 0) is 49.7 Å². The Morgan fingerprint density at radius 2 is 1.95 bits per heavy atom. The van der Waals surface area contributed by atoms with Crippen LogP contribution >= 0.6 is 0 Å². The minimum Gasteiger partial charge on any atom is -0.508 e. The van der Waals surface area contributed by atoms with Crippen molar-refractivity contribution in [3.8, 4) is 5.75 Å². The maximum Gasteiger partial charge on any atom is 0.274 e. The molecular formula is C14H14N2O3. The second-order valence-corrected chi connectivity index (χ2v) is 4.08. The maximum atomic E-state index is 11.8. The van der Waals surface area contributed by atoms with Crippen LogP contribution in [0.15, 0.2) is 46.1 Å². The molecule has 0 saturated heterocycles. The van der Waals surface area contributed by atoms with E-state index in [2.05, 4.69) is 10.5 Å². The van der Waals surface area contributed by atoms with Crippen molar-refractivity contribution in [2.24, 2.45) is 5.10 Å². The summed E-state index contributed by atoms with van der Waals surface area (Å²) < 4.78 is 5.05. The number of aryl methyl sites for hydroxylation is 1. The van der Waals surface area contributed by atoms with Crippen molar-refractivity contribution in [1.29, 1.82) is 0 Å². The summed E-state index contributed by atoms with van der Waals surface area (Å²) in [4.78, 5) is 11.8. The van der Waals surface area contributed by atoms with E-state index in [0.717, 1.165) is 5.56 Å².